The minimum absolute atomic E-state index is 0.973. The molecule has 90 valence electrons. The van der Waals surface area contributed by atoms with Crippen molar-refractivity contribution in [1.82, 2.24) is 14.9 Å². The maximum Gasteiger partial charge on any atom is 0.315 e. The van der Waals surface area contributed by atoms with Crippen molar-refractivity contribution in [3.63, 3.8) is 0 Å². The molecule has 3 N–H and O–H groups in total. The minimum Gasteiger partial charge on any atom is -0.310 e. The Bertz CT molecular complexity index is 273. The fourth-order valence-electron chi connectivity index (χ4n) is 1.98. The van der Waals surface area contributed by atoms with Gasteiger partial charge in [0.25, 0.3) is 0 Å². The molecule has 3 nitrogen and oxygen atoms in total. The molecule has 16 heavy (non-hydrogen) atoms. The van der Waals surface area contributed by atoms with Crippen LogP contribution in [0.25, 0.3) is 0 Å². The molecule has 0 aliphatic heterocycles. The van der Waals surface area contributed by atoms with Crippen LogP contribution in [0.2, 0.25) is 0 Å². The van der Waals surface area contributed by atoms with Crippen LogP contribution in [0, 0.1) is 0 Å². The molecule has 0 aliphatic carbocycles. The second kappa shape index (κ2) is 6.80. The first-order valence-electron chi connectivity index (χ1n) is 6.09. The summed E-state index contributed by atoms with van der Waals surface area (Å²) >= 11 is 0. The Balaban J connectivity index is 2.99. The molecular weight excluding hydrogens is 214 g/mol. The lowest BCUT2D eigenvalue weighted by atomic mass is 10.4. The SMILES string of the molecule is CCN[Si](NCC)(NCC)c1ccccc1. The largest absolute Gasteiger partial charge is 0.315 e. The van der Waals surface area contributed by atoms with Gasteiger partial charge in [-0.25, -0.2) is 0 Å². The highest BCUT2D eigenvalue weighted by atomic mass is 28.4. The molecule has 1 rings (SSSR count). The molecule has 1 aromatic rings. The zero-order valence-electron chi connectivity index (χ0n) is 10.5. The van der Waals surface area contributed by atoms with Crippen molar-refractivity contribution in [2.45, 2.75) is 20.8 Å². The summed E-state index contributed by atoms with van der Waals surface area (Å²) in [5.41, 5.74) is 0. The highest BCUT2D eigenvalue weighted by Gasteiger charge is 2.33. The van der Waals surface area contributed by atoms with E-state index in [1.807, 2.05) is 0 Å². The minimum atomic E-state index is -1.92. The standard InChI is InChI=1S/C12H23N3Si/c1-4-13-16(14-5-2,15-6-3)12-10-8-7-9-11-12/h7-11,13-15H,4-6H2,1-3H3. The van der Waals surface area contributed by atoms with Crippen LogP contribution in [0.4, 0.5) is 0 Å². The van der Waals surface area contributed by atoms with Gasteiger partial charge in [-0.1, -0.05) is 51.1 Å². The Morgan fingerprint density at radius 3 is 1.62 bits per heavy atom. The van der Waals surface area contributed by atoms with Gasteiger partial charge in [-0.05, 0) is 24.8 Å². The van der Waals surface area contributed by atoms with Crippen molar-refractivity contribution in [3.8, 4) is 0 Å². The van der Waals surface area contributed by atoms with E-state index in [1.165, 1.54) is 5.19 Å². The third-order valence-corrected chi connectivity index (χ3v) is 6.38. The second-order valence-corrected chi connectivity index (χ2v) is 6.85. The first-order valence-corrected chi connectivity index (χ1v) is 8.09. The molecule has 0 aliphatic rings. The molecule has 0 heterocycles. The molecule has 4 heteroatoms. The van der Waals surface area contributed by atoms with E-state index in [0.29, 0.717) is 0 Å². The molecule has 0 unspecified atom stereocenters. The fourth-order valence-corrected chi connectivity index (χ4v) is 5.25. The second-order valence-electron chi connectivity index (χ2n) is 3.71. The number of benzene rings is 1. The van der Waals surface area contributed by atoms with E-state index in [9.17, 15) is 0 Å². The number of hydrogen-bond donors (Lipinski definition) is 3. The normalized spacial score (nSPS) is 11.7. The molecule has 0 saturated carbocycles. The van der Waals surface area contributed by atoms with Crippen LogP contribution in [0.15, 0.2) is 30.3 Å². The van der Waals surface area contributed by atoms with Gasteiger partial charge in [0.05, 0.1) is 0 Å². The summed E-state index contributed by atoms with van der Waals surface area (Å²) in [4.78, 5) is 10.9. The van der Waals surface area contributed by atoms with Crippen LogP contribution in [0.3, 0.4) is 0 Å². The average Bonchev–Trinajstić information content (AvgIpc) is 2.31. The predicted octanol–water partition coefficient (Wildman–Crippen LogP) is 0.661. The van der Waals surface area contributed by atoms with Gasteiger partial charge in [-0.3, -0.25) is 0 Å². The maximum absolute atomic E-state index is 3.63. The van der Waals surface area contributed by atoms with E-state index < -0.39 is 8.56 Å². The van der Waals surface area contributed by atoms with E-state index in [0.717, 1.165) is 19.6 Å². The van der Waals surface area contributed by atoms with Gasteiger partial charge in [0, 0.05) is 0 Å². The lowest BCUT2D eigenvalue weighted by Crippen LogP contribution is -2.79. The van der Waals surface area contributed by atoms with Gasteiger partial charge in [-0.2, -0.15) is 0 Å². The molecule has 0 fully saturated rings. The molecule has 0 aromatic heterocycles. The smallest absolute Gasteiger partial charge is 0.310 e. The topological polar surface area (TPSA) is 36.1 Å². The van der Waals surface area contributed by atoms with Crippen molar-refractivity contribution in [1.29, 1.82) is 0 Å². The molecule has 0 bridgehead atoms. The molecule has 1 aromatic carbocycles. The molecule has 0 atom stereocenters. The van der Waals surface area contributed by atoms with Crippen molar-refractivity contribution in [2.75, 3.05) is 19.6 Å². The summed E-state index contributed by atoms with van der Waals surface area (Å²) in [6.07, 6.45) is 0. The Labute approximate surface area is 99.9 Å². The number of hydrogen-bond acceptors (Lipinski definition) is 3. The highest BCUT2D eigenvalue weighted by Crippen LogP contribution is 1.93. The number of rotatable bonds is 7. The Morgan fingerprint density at radius 2 is 1.25 bits per heavy atom. The molecule has 0 spiro atoms. The van der Waals surface area contributed by atoms with E-state index in [1.54, 1.807) is 0 Å². The van der Waals surface area contributed by atoms with Gasteiger partial charge in [0.1, 0.15) is 0 Å². The first kappa shape index (κ1) is 13.4. The van der Waals surface area contributed by atoms with Crippen molar-refractivity contribution in [3.05, 3.63) is 30.3 Å². The predicted molar refractivity (Wildman–Crippen MR) is 72.9 cm³/mol. The fraction of sp³-hybridized carbons (Fsp3) is 0.500. The molecule has 0 amide bonds. The Kier molecular flexibility index (Phi) is 5.69. The van der Waals surface area contributed by atoms with Gasteiger partial charge in [0.2, 0.25) is 0 Å². The Hall–Kier alpha value is -0.683. The zero-order chi connectivity index (χ0) is 11.9. The van der Waals surface area contributed by atoms with E-state index >= 15 is 0 Å². The quantitative estimate of drug-likeness (QED) is 0.610. The van der Waals surface area contributed by atoms with Crippen molar-refractivity contribution >= 4 is 13.7 Å². The highest BCUT2D eigenvalue weighted by molar-refractivity contribution is 6.85. The van der Waals surface area contributed by atoms with Crippen LogP contribution < -0.4 is 20.1 Å². The third kappa shape index (κ3) is 3.15. The summed E-state index contributed by atoms with van der Waals surface area (Å²) in [6, 6.07) is 10.7. The monoisotopic (exact) mass is 237 g/mol. The van der Waals surface area contributed by atoms with E-state index in [-0.39, 0.29) is 0 Å². The molecule has 0 radical (unpaired) electrons. The van der Waals surface area contributed by atoms with Crippen molar-refractivity contribution in [2.24, 2.45) is 0 Å². The third-order valence-electron chi connectivity index (χ3n) is 2.53. The van der Waals surface area contributed by atoms with Crippen LogP contribution in [-0.4, -0.2) is 28.2 Å². The first-order chi connectivity index (χ1) is 7.79. The lowest BCUT2D eigenvalue weighted by Gasteiger charge is -2.33. The number of nitrogens with one attached hydrogen (secondary N) is 3. The summed E-state index contributed by atoms with van der Waals surface area (Å²) in [5, 5.41) is 1.36. The van der Waals surface area contributed by atoms with Crippen molar-refractivity contribution < 1.29 is 0 Å². The maximum atomic E-state index is 3.63. The Morgan fingerprint density at radius 1 is 0.812 bits per heavy atom. The van der Waals surface area contributed by atoms with E-state index in [4.69, 9.17) is 0 Å². The average molecular weight is 237 g/mol. The van der Waals surface area contributed by atoms with Gasteiger partial charge < -0.3 is 14.9 Å². The van der Waals surface area contributed by atoms with Crippen LogP contribution in [0.5, 0.6) is 0 Å². The summed E-state index contributed by atoms with van der Waals surface area (Å²) in [5.74, 6) is 0. The van der Waals surface area contributed by atoms with Gasteiger partial charge >= 0.3 is 8.56 Å². The molecule has 0 saturated heterocycles. The summed E-state index contributed by atoms with van der Waals surface area (Å²) in [6.45, 7) is 9.38. The zero-order valence-corrected chi connectivity index (χ0v) is 11.5. The van der Waals surface area contributed by atoms with Crippen LogP contribution in [0.1, 0.15) is 20.8 Å². The van der Waals surface area contributed by atoms with Gasteiger partial charge in [0.15, 0.2) is 0 Å². The summed E-state index contributed by atoms with van der Waals surface area (Å²) < 4.78 is 0. The van der Waals surface area contributed by atoms with Crippen LogP contribution >= 0.6 is 0 Å². The van der Waals surface area contributed by atoms with Gasteiger partial charge in [-0.15, -0.1) is 0 Å². The molecular formula is C12H23N3Si. The van der Waals surface area contributed by atoms with Crippen LogP contribution in [-0.2, 0) is 0 Å². The summed E-state index contributed by atoms with van der Waals surface area (Å²) in [7, 11) is -1.92. The van der Waals surface area contributed by atoms with E-state index in [2.05, 4.69) is 66.1 Å². The lowest BCUT2D eigenvalue weighted by molar-refractivity contribution is 0.793.